The number of nitrogens with zero attached hydrogens (tertiary/aromatic N) is 3. The summed E-state index contributed by atoms with van der Waals surface area (Å²) in [6, 6.07) is 26.1. The highest BCUT2D eigenvalue weighted by molar-refractivity contribution is 5.78. The van der Waals surface area contributed by atoms with Crippen LogP contribution in [-0.2, 0) is 29.2 Å². The monoisotopic (exact) mass is 568 g/mol. The lowest BCUT2D eigenvalue weighted by atomic mass is 10.1. The molecule has 1 N–H and O–H groups in total. The second kappa shape index (κ2) is 14.9. The lowest BCUT2D eigenvalue weighted by Gasteiger charge is -2.24. The number of ether oxygens (including phenoxy) is 5. The average Bonchev–Trinajstić information content (AvgIpc) is 3.51. The minimum atomic E-state index is 0.459. The van der Waals surface area contributed by atoms with E-state index in [0.717, 1.165) is 50.7 Å². The highest BCUT2D eigenvalue weighted by Crippen LogP contribution is 2.23. The third-order valence-electron chi connectivity index (χ3n) is 6.70. The molecule has 0 radical (unpaired) electrons. The van der Waals surface area contributed by atoms with Crippen molar-refractivity contribution < 1.29 is 23.7 Å². The van der Waals surface area contributed by atoms with E-state index in [4.69, 9.17) is 28.7 Å². The molecule has 3 aromatic carbocycles. The number of pyridine rings is 1. The summed E-state index contributed by atoms with van der Waals surface area (Å²) in [4.78, 5) is 7.03. The predicted octanol–water partition coefficient (Wildman–Crippen LogP) is 5.79. The van der Waals surface area contributed by atoms with E-state index in [1.54, 1.807) is 14.2 Å². The third kappa shape index (κ3) is 8.22. The number of hydrogen-bond acceptors (Lipinski definition) is 8. The molecule has 5 aromatic rings. The van der Waals surface area contributed by atoms with Crippen LogP contribution in [0.5, 0.6) is 17.2 Å². The topological polar surface area (TPSA) is 91.0 Å². The van der Waals surface area contributed by atoms with Gasteiger partial charge in [-0.15, -0.1) is 0 Å². The van der Waals surface area contributed by atoms with Crippen molar-refractivity contribution in [3.05, 3.63) is 108 Å². The predicted molar refractivity (Wildman–Crippen MR) is 162 cm³/mol. The lowest BCUT2D eigenvalue weighted by Crippen LogP contribution is -2.23. The molecule has 0 atom stereocenters. The number of H-pyrrole nitrogens is 1. The second-order valence-electron chi connectivity index (χ2n) is 9.72. The van der Waals surface area contributed by atoms with Crippen molar-refractivity contribution in [2.45, 2.75) is 19.7 Å². The molecule has 0 aliphatic heterocycles. The first kappa shape index (κ1) is 28.9. The highest BCUT2D eigenvalue weighted by atomic mass is 16.5. The molecule has 5 rings (SSSR count). The number of rotatable bonds is 16. The Balaban J connectivity index is 1.11. The van der Waals surface area contributed by atoms with Gasteiger partial charge < -0.3 is 28.6 Å². The maximum absolute atomic E-state index is 5.81. The van der Waals surface area contributed by atoms with Gasteiger partial charge in [0.15, 0.2) is 0 Å². The van der Waals surface area contributed by atoms with Crippen LogP contribution >= 0.6 is 0 Å². The summed E-state index contributed by atoms with van der Waals surface area (Å²) in [7, 11) is 3.32. The molecule has 218 valence electrons. The van der Waals surface area contributed by atoms with Crippen LogP contribution in [0.15, 0.2) is 91.3 Å². The summed E-state index contributed by atoms with van der Waals surface area (Å²) >= 11 is 0. The van der Waals surface area contributed by atoms with Gasteiger partial charge in [0.1, 0.15) is 29.7 Å². The quantitative estimate of drug-likeness (QED) is 0.150. The van der Waals surface area contributed by atoms with Crippen molar-refractivity contribution in [3.63, 3.8) is 0 Å². The van der Waals surface area contributed by atoms with Gasteiger partial charge >= 0.3 is 0 Å². The molecule has 0 fully saturated rings. The summed E-state index contributed by atoms with van der Waals surface area (Å²) in [5.41, 5.74) is 4.32. The van der Waals surface area contributed by atoms with E-state index in [1.807, 2.05) is 54.9 Å². The van der Waals surface area contributed by atoms with E-state index < -0.39 is 0 Å². The maximum atomic E-state index is 5.81. The van der Waals surface area contributed by atoms with Gasteiger partial charge in [0.05, 0.1) is 52.4 Å². The maximum Gasteiger partial charge on any atom is 0.129 e. The fraction of sp³-hybridized carbons (Fsp3) is 0.273. The lowest BCUT2D eigenvalue weighted by molar-refractivity contribution is 0.0303. The van der Waals surface area contributed by atoms with E-state index >= 15 is 0 Å². The van der Waals surface area contributed by atoms with E-state index in [0.29, 0.717) is 46.1 Å². The van der Waals surface area contributed by atoms with Gasteiger partial charge in [-0.25, -0.2) is 4.98 Å². The zero-order chi connectivity index (χ0) is 29.0. The Morgan fingerprint density at radius 1 is 0.667 bits per heavy atom. The zero-order valence-corrected chi connectivity index (χ0v) is 24.0. The number of fused-ring (bicyclic) bond motifs is 1. The van der Waals surface area contributed by atoms with Crippen molar-refractivity contribution in [2.24, 2.45) is 0 Å². The molecule has 9 nitrogen and oxygen atoms in total. The number of aromatic nitrogens is 3. The number of anilines is 1. The normalized spacial score (nSPS) is 11.0. The Morgan fingerprint density at radius 2 is 1.38 bits per heavy atom. The first-order valence-corrected chi connectivity index (χ1v) is 13.9. The van der Waals surface area contributed by atoms with Crippen molar-refractivity contribution in [1.29, 1.82) is 0 Å². The molecule has 2 heterocycles. The molecule has 0 amide bonds. The molecule has 0 saturated heterocycles. The molecule has 42 heavy (non-hydrogen) atoms. The Labute approximate surface area is 246 Å². The van der Waals surface area contributed by atoms with E-state index in [9.17, 15) is 0 Å². The smallest absolute Gasteiger partial charge is 0.129 e. The van der Waals surface area contributed by atoms with Crippen LogP contribution in [-0.4, -0.2) is 55.8 Å². The zero-order valence-electron chi connectivity index (χ0n) is 24.0. The third-order valence-corrected chi connectivity index (χ3v) is 6.70. The molecule has 9 heteroatoms. The van der Waals surface area contributed by atoms with Crippen LogP contribution in [0.3, 0.4) is 0 Å². The number of nitrogens with one attached hydrogen (secondary N) is 1. The molecule has 0 saturated carbocycles. The summed E-state index contributed by atoms with van der Waals surface area (Å²) < 4.78 is 27.8. The van der Waals surface area contributed by atoms with Crippen LogP contribution in [0.4, 0.5) is 5.82 Å². The van der Waals surface area contributed by atoms with Gasteiger partial charge in [-0.05, 0) is 53.1 Å². The molecule has 0 aliphatic carbocycles. The van der Waals surface area contributed by atoms with Gasteiger partial charge in [-0.2, -0.15) is 5.10 Å². The van der Waals surface area contributed by atoms with Crippen LogP contribution in [0.2, 0.25) is 0 Å². The van der Waals surface area contributed by atoms with Gasteiger partial charge in [0, 0.05) is 30.7 Å². The summed E-state index contributed by atoms with van der Waals surface area (Å²) in [5.74, 6) is 3.23. The van der Waals surface area contributed by atoms with Gasteiger partial charge in [-0.3, -0.25) is 5.10 Å². The molecular formula is C33H36N4O5. The molecule has 2 aromatic heterocycles. The molecule has 0 unspecified atom stereocenters. The summed E-state index contributed by atoms with van der Waals surface area (Å²) in [6.07, 6.45) is 3.70. The standard InChI is InChI=1S/C33H36N4O5/c1-38-29-6-3-5-25(17-29)22-37(23-26-9-11-28-21-35-36-32(28)18-26)33-12-10-27(20-34-33)24-41-14-13-40-15-16-42-31-8-4-7-30(19-31)39-2/h3-12,17-21H,13-16,22-24H2,1-2H3,(H,35,36). The number of aromatic amines is 1. The van der Waals surface area contributed by atoms with Crippen LogP contribution in [0.25, 0.3) is 10.9 Å². The SMILES string of the molecule is COc1cccc(CN(Cc2ccc3cn[nH]c3c2)c2ccc(COCCOCCOc3cccc(OC)c3)cn2)c1. The van der Waals surface area contributed by atoms with Crippen molar-refractivity contribution in [2.75, 3.05) is 45.5 Å². The number of benzene rings is 3. The summed E-state index contributed by atoms with van der Waals surface area (Å²) in [5, 5.41) is 8.30. The van der Waals surface area contributed by atoms with Gasteiger partial charge in [0.25, 0.3) is 0 Å². The highest BCUT2D eigenvalue weighted by Gasteiger charge is 2.12. The number of hydrogen-bond donors (Lipinski definition) is 1. The van der Waals surface area contributed by atoms with Crippen molar-refractivity contribution in [3.8, 4) is 17.2 Å². The average molecular weight is 569 g/mol. The Morgan fingerprint density at radius 3 is 2.19 bits per heavy atom. The van der Waals surface area contributed by atoms with Crippen LogP contribution < -0.4 is 19.1 Å². The van der Waals surface area contributed by atoms with Crippen LogP contribution in [0, 0.1) is 0 Å². The second-order valence-corrected chi connectivity index (χ2v) is 9.72. The van der Waals surface area contributed by atoms with Crippen molar-refractivity contribution in [1.82, 2.24) is 15.2 Å². The van der Waals surface area contributed by atoms with Crippen molar-refractivity contribution >= 4 is 16.7 Å². The van der Waals surface area contributed by atoms with Gasteiger partial charge in [-0.1, -0.05) is 36.4 Å². The van der Waals surface area contributed by atoms with E-state index in [-0.39, 0.29) is 0 Å². The van der Waals surface area contributed by atoms with Crippen LogP contribution in [0.1, 0.15) is 16.7 Å². The van der Waals surface area contributed by atoms with E-state index in [2.05, 4.69) is 51.5 Å². The molecule has 0 aliphatic rings. The Bertz CT molecular complexity index is 1540. The minimum absolute atomic E-state index is 0.459. The Kier molecular flexibility index (Phi) is 10.2. The van der Waals surface area contributed by atoms with Gasteiger partial charge in [0.2, 0.25) is 0 Å². The van der Waals surface area contributed by atoms with E-state index in [1.165, 1.54) is 0 Å². The Hall–Kier alpha value is -4.60. The number of methoxy groups -OCH3 is 2. The fourth-order valence-corrected chi connectivity index (χ4v) is 4.52. The molecule has 0 spiro atoms. The summed E-state index contributed by atoms with van der Waals surface area (Å²) in [6.45, 7) is 3.74. The fourth-order valence-electron chi connectivity index (χ4n) is 4.52. The first-order chi connectivity index (χ1) is 20.7. The molecule has 0 bridgehead atoms. The minimum Gasteiger partial charge on any atom is -0.497 e. The molecular weight excluding hydrogens is 532 g/mol. The first-order valence-electron chi connectivity index (χ1n) is 13.9. The largest absolute Gasteiger partial charge is 0.497 e.